The molecule has 0 amide bonds. The summed E-state index contributed by atoms with van der Waals surface area (Å²) in [6, 6.07) is 5.99. The molecule has 2 rings (SSSR count). The van der Waals surface area contributed by atoms with Crippen molar-refractivity contribution in [1.82, 2.24) is 4.90 Å². The van der Waals surface area contributed by atoms with E-state index in [-0.39, 0.29) is 29.8 Å². The molecule has 2 N–H and O–H groups in total. The molecule has 8 nitrogen and oxygen atoms in total. The molecule has 1 heterocycles. The third-order valence-electron chi connectivity index (χ3n) is 5.09. The summed E-state index contributed by atoms with van der Waals surface area (Å²) in [6.45, 7) is 7.47. The van der Waals surface area contributed by atoms with E-state index in [1.807, 2.05) is 24.0 Å². The minimum atomic E-state index is -4.04. The Hall–Kier alpha value is -1.33. The molecule has 0 saturated carbocycles. The van der Waals surface area contributed by atoms with Crippen molar-refractivity contribution in [2.75, 3.05) is 24.6 Å². The normalized spacial score (nSPS) is 16.3. The monoisotopic (exact) mass is 432 g/mol. The molecule has 0 saturated heterocycles. The van der Waals surface area contributed by atoms with Crippen LogP contribution in [0.1, 0.15) is 44.7 Å². The van der Waals surface area contributed by atoms with Gasteiger partial charge in [-0.15, -0.1) is 0 Å². The quantitative estimate of drug-likeness (QED) is 0.544. The van der Waals surface area contributed by atoms with Crippen LogP contribution >= 0.6 is 0 Å². The van der Waals surface area contributed by atoms with Gasteiger partial charge in [0.2, 0.25) is 0 Å². The molecule has 0 atom stereocenters. The van der Waals surface area contributed by atoms with Gasteiger partial charge in [0.1, 0.15) is 0 Å². The van der Waals surface area contributed by atoms with Crippen LogP contribution in [0, 0.1) is 0 Å². The Morgan fingerprint density at radius 3 is 2.04 bits per heavy atom. The molecule has 0 spiro atoms. The topological polar surface area (TPSA) is 124 Å². The van der Waals surface area contributed by atoms with Crippen molar-refractivity contribution in [2.24, 2.45) is 4.99 Å². The summed E-state index contributed by atoms with van der Waals surface area (Å²) in [5.41, 5.74) is 3.95. The van der Waals surface area contributed by atoms with E-state index in [0.717, 1.165) is 22.5 Å². The Morgan fingerprint density at radius 1 is 1.00 bits per heavy atom. The number of fused-ring (bicyclic) bond motifs is 1. The molecule has 0 bridgehead atoms. The zero-order valence-corrected chi connectivity index (χ0v) is 18.1. The number of nitrogens with zero attached hydrogens (tertiary/aromatic N) is 2. The Kier molecular flexibility index (Phi) is 7.03. The molecular formula is C18H28N2O6S2. The highest BCUT2D eigenvalue weighted by Crippen LogP contribution is 2.40. The SMILES string of the molecule is CC1=Nc2ccc(CN(CCCS(=O)(=O)O)CCCS(=O)(=O)O)cc2C1(C)C. The van der Waals surface area contributed by atoms with Crippen LogP contribution in [0.5, 0.6) is 0 Å². The molecule has 1 aromatic carbocycles. The van der Waals surface area contributed by atoms with Crippen LogP contribution in [0.4, 0.5) is 5.69 Å². The van der Waals surface area contributed by atoms with E-state index in [1.165, 1.54) is 0 Å². The molecule has 0 radical (unpaired) electrons. The summed E-state index contributed by atoms with van der Waals surface area (Å²) in [5.74, 6) is -0.710. The third kappa shape index (κ3) is 6.63. The van der Waals surface area contributed by atoms with E-state index in [2.05, 4.69) is 24.9 Å². The van der Waals surface area contributed by atoms with Gasteiger partial charge in [-0.2, -0.15) is 16.8 Å². The van der Waals surface area contributed by atoms with E-state index in [1.54, 1.807) is 0 Å². The smallest absolute Gasteiger partial charge is 0.264 e. The lowest BCUT2D eigenvalue weighted by Crippen LogP contribution is -2.28. The van der Waals surface area contributed by atoms with Crippen LogP contribution in [-0.2, 0) is 32.2 Å². The first kappa shape index (κ1) is 23.0. The average molecular weight is 433 g/mol. The van der Waals surface area contributed by atoms with Gasteiger partial charge in [0, 0.05) is 17.7 Å². The predicted octanol–water partition coefficient (Wildman–Crippen LogP) is 2.43. The number of hydrogen-bond donors (Lipinski definition) is 2. The van der Waals surface area contributed by atoms with Crippen LogP contribution < -0.4 is 0 Å². The van der Waals surface area contributed by atoms with Crippen LogP contribution in [-0.4, -0.2) is 61.1 Å². The van der Waals surface area contributed by atoms with Crippen LogP contribution in [0.3, 0.4) is 0 Å². The van der Waals surface area contributed by atoms with Gasteiger partial charge in [-0.05, 0) is 50.0 Å². The lowest BCUT2D eigenvalue weighted by molar-refractivity contribution is 0.266. The van der Waals surface area contributed by atoms with E-state index < -0.39 is 20.2 Å². The van der Waals surface area contributed by atoms with Crippen molar-refractivity contribution in [1.29, 1.82) is 0 Å². The second-order valence-electron chi connectivity index (χ2n) is 7.73. The van der Waals surface area contributed by atoms with Gasteiger partial charge in [0.15, 0.2) is 0 Å². The largest absolute Gasteiger partial charge is 0.299 e. The van der Waals surface area contributed by atoms with Crippen LogP contribution in [0.15, 0.2) is 23.2 Å². The van der Waals surface area contributed by atoms with Crippen LogP contribution in [0.2, 0.25) is 0 Å². The van der Waals surface area contributed by atoms with Crippen LogP contribution in [0.25, 0.3) is 0 Å². The zero-order valence-electron chi connectivity index (χ0n) is 16.4. The first-order chi connectivity index (χ1) is 12.8. The summed E-state index contributed by atoms with van der Waals surface area (Å²) in [4.78, 5) is 6.52. The first-order valence-corrected chi connectivity index (χ1v) is 12.3. The standard InChI is InChI=1S/C18H28N2O6S2/c1-14-18(2,3)16-12-15(6-7-17(16)19-14)13-20(8-4-10-27(21,22)23)9-5-11-28(24,25)26/h6-7,12H,4-5,8-11,13H2,1-3H3,(H,21,22,23)(H,24,25,26). The van der Waals surface area contributed by atoms with Crippen molar-refractivity contribution < 1.29 is 25.9 Å². The number of benzene rings is 1. The van der Waals surface area contributed by atoms with Gasteiger partial charge < -0.3 is 0 Å². The minimum absolute atomic E-state index is 0.161. The van der Waals surface area contributed by atoms with E-state index in [4.69, 9.17) is 9.11 Å². The van der Waals surface area contributed by atoms with Crippen molar-refractivity contribution in [3.63, 3.8) is 0 Å². The van der Waals surface area contributed by atoms with E-state index in [0.29, 0.717) is 19.6 Å². The van der Waals surface area contributed by atoms with Crippen molar-refractivity contribution >= 4 is 31.6 Å². The average Bonchev–Trinajstić information content (AvgIpc) is 2.75. The highest BCUT2D eigenvalue weighted by molar-refractivity contribution is 7.86. The molecular weight excluding hydrogens is 404 g/mol. The Morgan fingerprint density at radius 2 is 1.54 bits per heavy atom. The van der Waals surface area contributed by atoms with Gasteiger partial charge >= 0.3 is 0 Å². The maximum absolute atomic E-state index is 11.0. The fraction of sp³-hybridized carbons (Fsp3) is 0.611. The Labute approximate surface area is 167 Å². The van der Waals surface area contributed by atoms with E-state index in [9.17, 15) is 16.8 Å². The maximum atomic E-state index is 11.0. The number of aliphatic imine (C=N–C) groups is 1. The number of hydrogen-bond acceptors (Lipinski definition) is 6. The van der Waals surface area contributed by atoms with Gasteiger partial charge in [-0.3, -0.25) is 19.0 Å². The molecule has 1 aromatic rings. The fourth-order valence-corrected chi connectivity index (χ4v) is 4.25. The summed E-state index contributed by atoms with van der Waals surface area (Å²) in [5, 5.41) is 0. The maximum Gasteiger partial charge on any atom is 0.264 e. The minimum Gasteiger partial charge on any atom is -0.299 e. The first-order valence-electron chi connectivity index (χ1n) is 9.10. The molecule has 1 aliphatic rings. The Bertz CT molecular complexity index is 914. The highest BCUT2D eigenvalue weighted by atomic mass is 32.2. The van der Waals surface area contributed by atoms with E-state index >= 15 is 0 Å². The lowest BCUT2D eigenvalue weighted by atomic mass is 9.81. The number of rotatable bonds is 10. The third-order valence-corrected chi connectivity index (χ3v) is 6.70. The second-order valence-corrected chi connectivity index (χ2v) is 10.9. The summed E-state index contributed by atoms with van der Waals surface area (Å²) in [6.07, 6.45) is 0.451. The van der Waals surface area contributed by atoms with Gasteiger partial charge in [0.25, 0.3) is 20.2 Å². The zero-order chi connectivity index (χ0) is 21.2. The molecule has 1 aliphatic heterocycles. The second kappa shape index (κ2) is 8.58. The fourth-order valence-electron chi connectivity index (χ4n) is 3.26. The van der Waals surface area contributed by atoms with Crippen molar-refractivity contribution in [3.05, 3.63) is 29.3 Å². The Balaban J connectivity index is 2.10. The summed E-state index contributed by atoms with van der Waals surface area (Å²) >= 11 is 0. The summed E-state index contributed by atoms with van der Waals surface area (Å²) in [7, 11) is -8.09. The van der Waals surface area contributed by atoms with Gasteiger partial charge in [-0.25, -0.2) is 0 Å². The highest BCUT2D eigenvalue weighted by Gasteiger charge is 2.32. The lowest BCUT2D eigenvalue weighted by Gasteiger charge is -2.24. The molecule has 10 heteroatoms. The molecule has 0 unspecified atom stereocenters. The van der Waals surface area contributed by atoms with Crippen molar-refractivity contribution in [2.45, 2.75) is 45.6 Å². The molecule has 158 valence electrons. The predicted molar refractivity (Wildman–Crippen MR) is 110 cm³/mol. The van der Waals surface area contributed by atoms with Gasteiger partial charge in [0.05, 0.1) is 17.2 Å². The molecule has 0 aliphatic carbocycles. The molecule has 28 heavy (non-hydrogen) atoms. The summed E-state index contributed by atoms with van der Waals surface area (Å²) < 4.78 is 61.7. The van der Waals surface area contributed by atoms with Crippen molar-refractivity contribution in [3.8, 4) is 0 Å². The van der Waals surface area contributed by atoms with Gasteiger partial charge in [-0.1, -0.05) is 26.0 Å². The molecule has 0 aromatic heterocycles. The molecule has 0 fully saturated rings.